The highest BCUT2D eigenvalue weighted by molar-refractivity contribution is 14.1. The maximum Gasteiger partial charge on any atom is 0.133 e. The molecule has 0 spiro atoms. The van der Waals surface area contributed by atoms with Crippen LogP contribution in [0.2, 0.25) is 5.02 Å². The first kappa shape index (κ1) is 12.5. The average Bonchev–Trinajstić information content (AvgIpc) is 2.57. The van der Waals surface area contributed by atoms with Crippen LogP contribution < -0.4 is 0 Å². The molecule has 0 radical (unpaired) electrons. The summed E-state index contributed by atoms with van der Waals surface area (Å²) < 4.78 is 7.51. The Morgan fingerprint density at radius 3 is 2.88 bits per heavy atom. The van der Waals surface area contributed by atoms with Crippen LogP contribution >= 0.6 is 62.8 Å². The molecule has 1 aromatic heterocycles. The van der Waals surface area contributed by atoms with E-state index >= 15 is 0 Å². The number of aromatic nitrogens is 1. The summed E-state index contributed by atoms with van der Waals surface area (Å²) in [5.74, 6) is 0. The van der Waals surface area contributed by atoms with Gasteiger partial charge in [-0.25, -0.2) is 6.48 Å². The SMILES string of the molecule is N#Cc1cc2cc(Cl)cc(Br)c2n1SOI. The Balaban J connectivity index is 2.80. The van der Waals surface area contributed by atoms with Crippen LogP contribution in [0, 0.1) is 11.3 Å². The van der Waals surface area contributed by atoms with E-state index in [9.17, 15) is 0 Å². The second-order valence-corrected chi connectivity index (χ2v) is 5.91. The first-order valence-corrected chi connectivity index (χ1v) is 6.78. The van der Waals surface area contributed by atoms with Crippen LogP contribution in [0.15, 0.2) is 22.7 Å². The van der Waals surface area contributed by atoms with E-state index in [4.69, 9.17) is 19.4 Å². The summed E-state index contributed by atoms with van der Waals surface area (Å²) in [6, 6.07) is 7.48. The van der Waals surface area contributed by atoms with Gasteiger partial charge in [-0.05, 0) is 34.1 Å². The second-order valence-electron chi connectivity index (χ2n) is 2.90. The van der Waals surface area contributed by atoms with Gasteiger partial charge in [0.05, 0.1) is 5.52 Å². The van der Waals surface area contributed by atoms with Gasteiger partial charge < -0.3 is 0 Å². The van der Waals surface area contributed by atoms with Crippen molar-refractivity contribution >= 4 is 73.7 Å². The van der Waals surface area contributed by atoms with Crippen molar-refractivity contribution in [3.8, 4) is 6.07 Å². The van der Waals surface area contributed by atoms with Crippen LogP contribution in [0.25, 0.3) is 10.9 Å². The number of halogens is 3. The topological polar surface area (TPSA) is 38.0 Å². The van der Waals surface area contributed by atoms with Gasteiger partial charge in [0.2, 0.25) is 0 Å². The molecule has 3 nitrogen and oxygen atoms in total. The van der Waals surface area contributed by atoms with Crippen molar-refractivity contribution in [2.24, 2.45) is 0 Å². The number of nitrogens with zero attached hydrogens (tertiary/aromatic N) is 2. The van der Waals surface area contributed by atoms with Gasteiger partial charge in [-0.15, -0.1) is 0 Å². The number of fused-ring (bicyclic) bond motifs is 1. The van der Waals surface area contributed by atoms with Crippen LogP contribution in [0.5, 0.6) is 0 Å². The highest BCUT2D eigenvalue weighted by atomic mass is 127. The number of rotatable bonds is 2. The summed E-state index contributed by atoms with van der Waals surface area (Å²) in [5.41, 5.74) is 1.39. The molecule has 0 aliphatic carbocycles. The predicted molar refractivity (Wildman–Crippen MR) is 77.5 cm³/mol. The zero-order valence-corrected chi connectivity index (χ0v) is 12.9. The van der Waals surface area contributed by atoms with Crippen LogP contribution in [-0.4, -0.2) is 3.97 Å². The maximum absolute atomic E-state index is 9.02. The van der Waals surface area contributed by atoms with Gasteiger partial charge >= 0.3 is 0 Å². The zero-order valence-electron chi connectivity index (χ0n) is 7.58. The van der Waals surface area contributed by atoms with E-state index in [-0.39, 0.29) is 0 Å². The normalized spacial score (nSPS) is 10.6. The van der Waals surface area contributed by atoms with Crippen molar-refractivity contribution in [3.63, 3.8) is 0 Å². The van der Waals surface area contributed by atoms with Crippen molar-refractivity contribution in [2.45, 2.75) is 0 Å². The first-order valence-electron chi connectivity index (χ1n) is 4.03. The van der Waals surface area contributed by atoms with E-state index in [0.29, 0.717) is 10.7 Å². The summed E-state index contributed by atoms with van der Waals surface area (Å²) in [5, 5.41) is 10.5. The van der Waals surface area contributed by atoms with Crippen LogP contribution in [0.1, 0.15) is 5.69 Å². The molecule has 0 bridgehead atoms. The lowest BCUT2D eigenvalue weighted by Crippen LogP contribution is -1.89. The third-order valence-corrected chi connectivity index (χ3v) is 3.88. The molecule has 0 amide bonds. The summed E-state index contributed by atoms with van der Waals surface area (Å²) >= 11 is 12.2. The van der Waals surface area contributed by atoms with Gasteiger partial charge in [0.15, 0.2) is 0 Å². The Morgan fingerprint density at radius 1 is 1.50 bits per heavy atom. The van der Waals surface area contributed by atoms with E-state index in [1.807, 2.05) is 6.07 Å². The average molecular weight is 429 g/mol. The third-order valence-electron chi connectivity index (χ3n) is 1.99. The zero-order chi connectivity index (χ0) is 11.7. The number of hydrogen-bond donors (Lipinski definition) is 0. The van der Waals surface area contributed by atoms with Crippen molar-refractivity contribution in [3.05, 3.63) is 33.4 Å². The van der Waals surface area contributed by atoms with Gasteiger partial charge in [0.1, 0.15) is 47.0 Å². The molecule has 0 aliphatic heterocycles. The maximum atomic E-state index is 9.02. The first-order chi connectivity index (χ1) is 7.67. The number of nitriles is 1. The molecule has 2 aromatic rings. The smallest absolute Gasteiger partial charge is 0.133 e. The molecule has 1 aromatic carbocycles. The number of hydrogen-bond acceptors (Lipinski definition) is 3. The Kier molecular flexibility index (Phi) is 4.02. The molecule has 7 heteroatoms. The monoisotopic (exact) mass is 428 g/mol. The van der Waals surface area contributed by atoms with Crippen LogP contribution in [0.3, 0.4) is 0 Å². The van der Waals surface area contributed by atoms with E-state index in [2.05, 4.69) is 22.0 Å². The summed E-state index contributed by atoms with van der Waals surface area (Å²) in [6.07, 6.45) is 0. The summed E-state index contributed by atoms with van der Waals surface area (Å²) in [6.45, 7) is 0. The van der Waals surface area contributed by atoms with E-state index < -0.39 is 0 Å². The molecule has 82 valence electrons. The Bertz CT molecular complexity index is 595. The molecule has 0 unspecified atom stereocenters. The van der Waals surface area contributed by atoms with Crippen molar-refractivity contribution < 1.29 is 2.51 Å². The number of benzene rings is 1. The molecular weight excluding hydrogens is 426 g/mol. The minimum absolute atomic E-state index is 0.514. The minimum Gasteiger partial charge on any atom is -0.249 e. The lowest BCUT2D eigenvalue weighted by molar-refractivity contribution is 0.830. The highest BCUT2D eigenvalue weighted by Gasteiger charge is 2.13. The fraction of sp³-hybridized carbons (Fsp3) is 0. The van der Waals surface area contributed by atoms with Crippen molar-refractivity contribution in [1.82, 2.24) is 3.97 Å². The molecule has 0 saturated carbocycles. The molecule has 0 saturated heterocycles. The Labute approximate surface area is 124 Å². The molecule has 0 atom stereocenters. The standard InChI is InChI=1S/C9H3BrClIN2OS/c10-8-3-6(11)1-5-2-7(4-13)14(9(5)8)16-15-12/h1-3H. The Morgan fingerprint density at radius 2 is 2.25 bits per heavy atom. The van der Waals surface area contributed by atoms with Gasteiger partial charge in [-0.2, -0.15) is 5.26 Å². The molecule has 16 heavy (non-hydrogen) atoms. The van der Waals surface area contributed by atoms with Gasteiger partial charge in [0, 0.05) is 14.9 Å². The van der Waals surface area contributed by atoms with Crippen LogP contribution in [0.4, 0.5) is 0 Å². The van der Waals surface area contributed by atoms with Gasteiger partial charge in [-0.3, -0.25) is 0 Å². The van der Waals surface area contributed by atoms with E-state index in [1.165, 1.54) is 0 Å². The van der Waals surface area contributed by atoms with Gasteiger partial charge in [0.25, 0.3) is 0 Å². The van der Waals surface area contributed by atoms with E-state index in [0.717, 1.165) is 27.6 Å². The third kappa shape index (κ3) is 2.19. The molecule has 2 rings (SSSR count). The quantitative estimate of drug-likeness (QED) is 0.513. The van der Waals surface area contributed by atoms with Crippen LogP contribution in [-0.2, 0) is 2.51 Å². The molecule has 1 heterocycles. The summed E-state index contributed by atoms with van der Waals surface area (Å²) in [4.78, 5) is 0. The Hall–Kier alpha value is 0.0600. The lowest BCUT2D eigenvalue weighted by Gasteiger charge is -2.03. The second kappa shape index (κ2) is 5.14. The highest BCUT2D eigenvalue weighted by Crippen LogP contribution is 2.34. The van der Waals surface area contributed by atoms with E-state index in [1.54, 1.807) is 39.1 Å². The largest absolute Gasteiger partial charge is 0.249 e. The predicted octanol–water partition coefficient (Wildman–Crippen LogP) is 4.71. The van der Waals surface area contributed by atoms with Crippen molar-refractivity contribution in [1.29, 1.82) is 5.26 Å². The van der Waals surface area contributed by atoms with Gasteiger partial charge in [-0.1, -0.05) is 11.6 Å². The molecule has 0 fully saturated rings. The lowest BCUT2D eigenvalue weighted by atomic mass is 10.2. The molecule has 0 aliphatic rings. The minimum atomic E-state index is 0.514. The van der Waals surface area contributed by atoms with Crippen molar-refractivity contribution in [2.75, 3.05) is 0 Å². The molecule has 0 N–H and O–H groups in total. The summed E-state index contributed by atoms with van der Waals surface area (Å²) in [7, 11) is 0. The fourth-order valence-electron chi connectivity index (χ4n) is 1.42. The molecular formula is C9H3BrClIN2OS. The fourth-order valence-corrected chi connectivity index (χ4v) is 3.54.